The van der Waals surface area contributed by atoms with Crippen LogP contribution in [0.3, 0.4) is 0 Å². The van der Waals surface area contributed by atoms with Gasteiger partial charge in [-0.1, -0.05) is 54.6 Å². The minimum Gasteiger partial charge on any atom is -0.540 e. The predicted molar refractivity (Wildman–Crippen MR) is 122 cm³/mol. The van der Waals surface area contributed by atoms with Crippen molar-refractivity contribution < 1.29 is 59.9 Å². The Bertz CT molecular complexity index is 1020. The van der Waals surface area contributed by atoms with Gasteiger partial charge in [-0.05, 0) is 47.1 Å². The Morgan fingerprint density at radius 3 is 1.82 bits per heavy atom. The van der Waals surface area contributed by atoms with Gasteiger partial charge in [0.25, 0.3) is 0 Å². The average molecular weight is 686 g/mol. The first kappa shape index (κ1) is 25.3. The van der Waals surface area contributed by atoms with Crippen LogP contribution in [-0.4, -0.2) is 50.3 Å². The molecule has 2 aliphatic heterocycles. The van der Waals surface area contributed by atoms with Crippen molar-refractivity contribution in [3.05, 3.63) is 102 Å². The molecular weight excluding hydrogens is 658 g/mol. The standard InChI is InChI=1S/C27H27O6.U/c1-29-22-12-8-20(9-13-22)27(19-6-4-3-5-7-19,21-10-14-23(30-2)15-11-21)33-18-26-17-31-24(16-32-26)25(26)28;/h3-16,24-25,28H,17-18H2,1-2H3;/q-1;/t24-,25?,26-;/m1./s1. The summed E-state index contributed by atoms with van der Waals surface area (Å²) in [4.78, 5) is 0. The molecule has 1 unspecified atom stereocenters. The normalized spacial score (nSPS) is 23.4. The number of fused-ring (bicyclic) bond motifs is 2. The van der Waals surface area contributed by atoms with Gasteiger partial charge in [-0.25, -0.2) is 0 Å². The molecule has 7 heteroatoms. The number of aliphatic hydroxyl groups is 1. The molecule has 2 aliphatic rings. The maximum Gasteiger partial charge on any atom is 0.143 e. The van der Waals surface area contributed by atoms with Crippen LogP contribution >= 0.6 is 0 Å². The molecule has 0 saturated carbocycles. The summed E-state index contributed by atoms with van der Waals surface area (Å²) in [6.45, 7) is 1.96. The van der Waals surface area contributed by atoms with Gasteiger partial charge < -0.3 is 28.8 Å². The van der Waals surface area contributed by atoms with Crippen LogP contribution in [0.15, 0.2) is 78.9 Å². The van der Waals surface area contributed by atoms with Crippen LogP contribution in [0.4, 0.5) is 0 Å². The zero-order chi connectivity index (χ0) is 22.9. The first-order valence-electron chi connectivity index (χ1n) is 10.9. The van der Waals surface area contributed by atoms with Crippen LogP contribution in [0.1, 0.15) is 16.7 Å². The largest absolute Gasteiger partial charge is 0.540 e. The van der Waals surface area contributed by atoms with E-state index in [1.165, 1.54) is 0 Å². The monoisotopic (exact) mass is 685 g/mol. The van der Waals surface area contributed by atoms with Crippen molar-refractivity contribution in [1.29, 1.82) is 0 Å². The molecule has 2 bridgehead atoms. The Balaban J connectivity index is 0.00000274. The van der Waals surface area contributed by atoms with Crippen LogP contribution in [0, 0.1) is 37.7 Å². The molecule has 0 aromatic heterocycles. The maximum absolute atomic E-state index is 10.7. The van der Waals surface area contributed by atoms with E-state index in [9.17, 15) is 5.11 Å². The van der Waals surface area contributed by atoms with Crippen molar-refractivity contribution in [2.24, 2.45) is 0 Å². The molecular formula is C27H27O6U-. The van der Waals surface area contributed by atoms with E-state index in [-0.39, 0.29) is 44.3 Å². The molecule has 2 saturated heterocycles. The Kier molecular flexibility index (Phi) is 7.73. The summed E-state index contributed by atoms with van der Waals surface area (Å²) < 4.78 is 29.1. The zero-order valence-corrected chi connectivity index (χ0v) is 23.3. The number of rotatable bonds is 8. The Morgan fingerprint density at radius 2 is 1.41 bits per heavy atom. The van der Waals surface area contributed by atoms with Gasteiger partial charge in [0.1, 0.15) is 22.7 Å². The number of aliphatic hydroxyl groups excluding tert-OH is 1. The van der Waals surface area contributed by atoms with E-state index in [1.54, 1.807) is 20.8 Å². The Morgan fingerprint density at radius 1 is 0.882 bits per heavy atom. The van der Waals surface area contributed by atoms with Gasteiger partial charge in [-0.3, -0.25) is 0 Å². The van der Waals surface area contributed by atoms with Crippen molar-refractivity contribution in [3.63, 3.8) is 0 Å². The number of hydrogen-bond acceptors (Lipinski definition) is 6. The van der Waals surface area contributed by atoms with Gasteiger partial charge in [0.2, 0.25) is 0 Å². The van der Waals surface area contributed by atoms with Crippen LogP contribution in [0.2, 0.25) is 0 Å². The summed E-state index contributed by atoms with van der Waals surface area (Å²) in [5.41, 5.74) is 0.872. The summed E-state index contributed by atoms with van der Waals surface area (Å²) in [6.07, 6.45) is -1.21. The average Bonchev–Trinajstić information content (AvgIpc) is 3.37. The molecule has 34 heavy (non-hydrogen) atoms. The molecule has 3 aromatic rings. The second-order valence-corrected chi connectivity index (χ2v) is 8.33. The van der Waals surface area contributed by atoms with E-state index in [1.807, 2.05) is 78.9 Å². The molecule has 3 aromatic carbocycles. The molecule has 2 fully saturated rings. The third-order valence-corrected chi connectivity index (χ3v) is 6.51. The van der Waals surface area contributed by atoms with E-state index < -0.39 is 23.4 Å². The summed E-state index contributed by atoms with van der Waals surface area (Å²) in [7, 11) is 3.29. The number of benzene rings is 3. The van der Waals surface area contributed by atoms with Gasteiger partial charge in [0, 0.05) is 31.1 Å². The topological polar surface area (TPSA) is 66.4 Å². The molecule has 5 rings (SSSR count). The molecule has 6 nitrogen and oxygen atoms in total. The predicted octanol–water partition coefficient (Wildman–Crippen LogP) is 3.70. The maximum atomic E-state index is 10.7. The Labute approximate surface area is 223 Å². The summed E-state index contributed by atoms with van der Waals surface area (Å²) >= 11 is 0. The van der Waals surface area contributed by atoms with Gasteiger partial charge in [0.15, 0.2) is 0 Å². The molecule has 0 radical (unpaired) electrons. The second-order valence-electron chi connectivity index (χ2n) is 8.33. The van der Waals surface area contributed by atoms with Gasteiger partial charge in [-0.15, -0.1) is 0 Å². The van der Waals surface area contributed by atoms with Crippen LogP contribution in [0.25, 0.3) is 0 Å². The third-order valence-electron chi connectivity index (χ3n) is 6.51. The van der Waals surface area contributed by atoms with Crippen molar-refractivity contribution in [2.45, 2.75) is 23.4 Å². The number of methoxy groups -OCH3 is 2. The third kappa shape index (κ3) is 4.30. The SMILES string of the molecule is COc1ccc(C(OC[C@@]23CO[C@H]([CH-]O2)C3O)(c2ccccc2)c2ccc(OC)cc2)cc1.[U]. The fourth-order valence-corrected chi connectivity index (χ4v) is 4.60. The second kappa shape index (κ2) is 10.4. The first-order valence-corrected chi connectivity index (χ1v) is 10.9. The Hall–Kier alpha value is -1.85. The fourth-order valence-electron chi connectivity index (χ4n) is 4.60. The quantitative estimate of drug-likeness (QED) is 0.289. The molecule has 3 atom stereocenters. The molecule has 0 spiro atoms. The van der Waals surface area contributed by atoms with Crippen molar-refractivity contribution in [1.82, 2.24) is 0 Å². The molecule has 176 valence electrons. The molecule has 1 N–H and O–H groups in total. The zero-order valence-electron chi connectivity index (χ0n) is 19.1. The van der Waals surface area contributed by atoms with Crippen LogP contribution < -0.4 is 9.47 Å². The summed E-state index contributed by atoms with van der Waals surface area (Å²) in [5, 5.41) is 10.7. The van der Waals surface area contributed by atoms with Gasteiger partial charge in [-0.2, -0.15) is 6.61 Å². The van der Waals surface area contributed by atoms with Crippen molar-refractivity contribution >= 4 is 0 Å². The van der Waals surface area contributed by atoms with E-state index in [2.05, 4.69) is 0 Å². The summed E-state index contributed by atoms with van der Waals surface area (Å²) in [5.74, 6) is 1.51. The van der Waals surface area contributed by atoms with Crippen molar-refractivity contribution in [2.75, 3.05) is 27.4 Å². The molecule has 0 amide bonds. The number of hydrogen-bond donors (Lipinski definition) is 1. The minimum absolute atomic E-state index is 0. The van der Waals surface area contributed by atoms with E-state index in [0.717, 1.165) is 28.2 Å². The number of ether oxygens (including phenoxy) is 5. The summed E-state index contributed by atoms with van der Waals surface area (Å²) in [6, 6.07) is 25.7. The van der Waals surface area contributed by atoms with Crippen molar-refractivity contribution in [3.8, 4) is 11.5 Å². The van der Waals surface area contributed by atoms with E-state index in [0.29, 0.717) is 0 Å². The minimum atomic E-state index is -0.974. The van der Waals surface area contributed by atoms with E-state index >= 15 is 0 Å². The van der Waals surface area contributed by atoms with Gasteiger partial charge in [0.05, 0.1) is 33.5 Å². The molecule has 0 aliphatic carbocycles. The van der Waals surface area contributed by atoms with E-state index in [4.69, 9.17) is 23.7 Å². The smallest absolute Gasteiger partial charge is 0.143 e. The molecule has 2 heterocycles. The van der Waals surface area contributed by atoms with Crippen LogP contribution in [0.5, 0.6) is 11.5 Å². The first-order chi connectivity index (χ1) is 16.1. The fraction of sp³-hybridized carbons (Fsp3) is 0.296. The van der Waals surface area contributed by atoms with Gasteiger partial charge >= 0.3 is 0 Å². The van der Waals surface area contributed by atoms with Crippen LogP contribution in [-0.2, 0) is 19.8 Å².